The van der Waals surface area contributed by atoms with Gasteiger partial charge >= 0.3 is 0 Å². The van der Waals surface area contributed by atoms with Gasteiger partial charge in [0.05, 0.1) is 0 Å². The Hall–Kier alpha value is -2.53. The van der Waals surface area contributed by atoms with Crippen molar-refractivity contribution in [2.24, 2.45) is 11.8 Å². The van der Waals surface area contributed by atoms with Gasteiger partial charge in [0.25, 0.3) is 0 Å². The molecule has 47 heavy (non-hydrogen) atoms. The highest BCUT2D eigenvalue weighted by atomic mass is 79.9. The molecule has 248 valence electrons. The summed E-state index contributed by atoms with van der Waals surface area (Å²) in [5.74, 6) is 1.14. The summed E-state index contributed by atoms with van der Waals surface area (Å²) in [6, 6.07) is 28.9. The predicted octanol–water partition coefficient (Wildman–Crippen LogP) is 11.9. The van der Waals surface area contributed by atoms with Crippen molar-refractivity contribution in [3.8, 4) is 0 Å². The topological polar surface area (TPSA) is 37.3 Å². The number of halogens is 2. The number of aldehydes is 1. The maximum atomic E-state index is 13.9. The maximum Gasteiger partial charge on any atom is 0.141 e. The van der Waals surface area contributed by atoms with Crippen LogP contribution in [0.15, 0.2) is 93.9 Å². The van der Waals surface area contributed by atoms with Gasteiger partial charge in [0, 0.05) is 8.95 Å². The zero-order chi connectivity index (χ0) is 33.6. The molecular weight excluding hydrogens is 708 g/mol. The van der Waals surface area contributed by atoms with E-state index in [4.69, 9.17) is 0 Å². The van der Waals surface area contributed by atoms with E-state index in [1.807, 2.05) is 60.7 Å². The molecule has 0 radical (unpaired) electrons. The molecule has 1 aliphatic carbocycles. The summed E-state index contributed by atoms with van der Waals surface area (Å²) in [6.45, 7) is 9.17. The molecule has 0 bridgehead atoms. The number of hydrogen-bond donors (Lipinski definition) is 1. The van der Waals surface area contributed by atoms with Gasteiger partial charge in [-0.3, -0.25) is 0 Å². The van der Waals surface area contributed by atoms with Crippen LogP contribution in [0.1, 0.15) is 124 Å². The number of benzene rings is 4. The molecule has 4 aromatic rings. The van der Waals surface area contributed by atoms with Crippen molar-refractivity contribution >= 4 is 38.1 Å². The zero-order valence-electron chi connectivity index (χ0n) is 28.5. The molecule has 4 unspecified atom stereocenters. The fraction of sp³-hybridized carbons (Fsp3) is 0.419. The number of hydrogen-bond acceptors (Lipinski definition) is 2. The van der Waals surface area contributed by atoms with Gasteiger partial charge in [0.2, 0.25) is 0 Å². The fourth-order valence-corrected chi connectivity index (χ4v) is 8.39. The van der Waals surface area contributed by atoms with Gasteiger partial charge in [-0.15, -0.1) is 0 Å². The molecule has 0 amide bonds. The highest BCUT2D eigenvalue weighted by Gasteiger charge is 2.52. The molecule has 1 N–H and O–H groups in total. The second-order valence-corrected chi connectivity index (χ2v) is 15.4. The number of carbonyl (C=O) groups is 1. The fourth-order valence-electron chi connectivity index (χ4n) is 7.86. The Morgan fingerprint density at radius 2 is 1.11 bits per heavy atom. The van der Waals surface area contributed by atoms with Gasteiger partial charge in [-0.1, -0.05) is 172 Å². The molecule has 2 nitrogen and oxygen atoms in total. The second-order valence-electron chi connectivity index (χ2n) is 13.6. The van der Waals surface area contributed by atoms with Crippen LogP contribution in [0.4, 0.5) is 0 Å². The Morgan fingerprint density at radius 3 is 1.57 bits per heavy atom. The first-order valence-electron chi connectivity index (χ1n) is 17.7. The highest BCUT2D eigenvalue weighted by Crippen LogP contribution is 2.54. The summed E-state index contributed by atoms with van der Waals surface area (Å²) in [5, 5.41) is 13.3. The van der Waals surface area contributed by atoms with E-state index in [2.05, 4.69) is 83.8 Å². The molecule has 0 fully saturated rings. The average Bonchev–Trinajstić information content (AvgIpc) is 3.10. The summed E-state index contributed by atoms with van der Waals surface area (Å²) in [4.78, 5) is 13.9. The largest absolute Gasteiger partial charge is 0.376 e. The molecule has 0 saturated heterocycles. The molecule has 1 aliphatic rings. The Labute approximate surface area is 299 Å². The maximum absolute atomic E-state index is 13.9. The van der Waals surface area contributed by atoms with E-state index in [1.54, 1.807) is 0 Å². The Bertz CT molecular complexity index is 1640. The minimum Gasteiger partial charge on any atom is -0.376 e. The van der Waals surface area contributed by atoms with Crippen molar-refractivity contribution < 1.29 is 9.90 Å². The van der Waals surface area contributed by atoms with Crippen molar-refractivity contribution in [2.75, 3.05) is 0 Å². The van der Waals surface area contributed by atoms with Gasteiger partial charge < -0.3 is 9.90 Å². The molecule has 0 spiro atoms. The van der Waals surface area contributed by atoms with E-state index in [1.165, 1.54) is 49.7 Å². The minimum atomic E-state index is -1.43. The normalized spacial score (nSPS) is 19.9. The lowest BCUT2D eigenvalue weighted by Gasteiger charge is -2.46. The Morgan fingerprint density at radius 1 is 0.638 bits per heavy atom. The molecule has 0 aromatic heterocycles. The molecule has 0 saturated carbocycles. The Balaban J connectivity index is 1.86. The van der Waals surface area contributed by atoms with Crippen LogP contribution in [0, 0.1) is 11.8 Å². The number of aliphatic hydroxyl groups is 1. The SMILES string of the molecule is CCCCC(CC)Cc1cc2c(cc1CC(CC)CCCC)C(C=O)(c1ccc(Br)cc1)c1ccccc1C2(O)c1ccc(Br)cc1. The summed E-state index contributed by atoms with van der Waals surface area (Å²) >= 11 is 7.23. The molecule has 4 heteroatoms. The molecule has 0 heterocycles. The number of unbranched alkanes of at least 4 members (excludes halogenated alkanes) is 2. The van der Waals surface area contributed by atoms with E-state index < -0.39 is 11.0 Å². The van der Waals surface area contributed by atoms with Crippen LogP contribution >= 0.6 is 31.9 Å². The lowest BCUT2D eigenvalue weighted by molar-refractivity contribution is -0.110. The number of carbonyl (C=O) groups excluding carboxylic acids is 1. The third kappa shape index (κ3) is 6.98. The van der Waals surface area contributed by atoms with E-state index in [-0.39, 0.29) is 0 Å². The van der Waals surface area contributed by atoms with Gasteiger partial charge in [0.15, 0.2) is 0 Å². The number of fused-ring (bicyclic) bond motifs is 2. The van der Waals surface area contributed by atoms with Gasteiger partial charge in [-0.25, -0.2) is 0 Å². The summed E-state index contributed by atoms with van der Waals surface area (Å²) in [5.41, 5.74) is 5.18. The summed E-state index contributed by atoms with van der Waals surface area (Å²) in [7, 11) is 0. The zero-order valence-corrected chi connectivity index (χ0v) is 31.7. The van der Waals surface area contributed by atoms with Crippen molar-refractivity contribution in [2.45, 2.75) is 103 Å². The molecular formula is C43H50Br2O2. The summed E-state index contributed by atoms with van der Waals surface area (Å²) < 4.78 is 1.93. The van der Waals surface area contributed by atoms with Crippen molar-refractivity contribution in [1.29, 1.82) is 0 Å². The highest BCUT2D eigenvalue weighted by molar-refractivity contribution is 9.10. The van der Waals surface area contributed by atoms with Crippen molar-refractivity contribution in [3.05, 3.63) is 138 Å². The first kappa shape index (κ1) is 35.8. The van der Waals surface area contributed by atoms with Crippen LogP contribution in [0.25, 0.3) is 0 Å². The monoisotopic (exact) mass is 756 g/mol. The lowest BCUT2D eigenvalue weighted by atomic mass is 9.57. The van der Waals surface area contributed by atoms with Crippen molar-refractivity contribution in [3.63, 3.8) is 0 Å². The Kier molecular flexibility index (Phi) is 12.0. The number of rotatable bonds is 15. The molecule has 5 rings (SSSR count). The van der Waals surface area contributed by atoms with Crippen molar-refractivity contribution in [1.82, 2.24) is 0 Å². The van der Waals surface area contributed by atoms with Crippen LogP contribution in [0.3, 0.4) is 0 Å². The first-order valence-corrected chi connectivity index (χ1v) is 19.3. The van der Waals surface area contributed by atoms with Crippen LogP contribution in [0.2, 0.25) is 0 Å². The van der Waals surface area contributed by atoms with Gasteiger partial charge in [-0.2, -0.15) is 0 Å². The van der Waals surface area contributed by atoms with E-state index in [0.29, 0.717) is 11.8 Å². The van der Waals surface area contributed by atoms with E-state index in [9.17, 15) is 9.90 Å². The average molecular weight is 759 g/mol. The van der Waals surface area contributed by atoms with Gasteiger partial charge in [0.1, 0.15) is 17.3 Å². The third-order valence-electron chi connectivity index (χ3n) is 10.7. The quantitative estimate of drug-likeness (QED) is 0.123. The van der Waals surface area contributed by atoms with Gasteiger partial charge in [-0.05, 0) is 93.5 Å². The second kappa shape index (κ2) is 15.8. The lowest BCUT2D eigenvalue weighted by Crippen LogP contribution is -2.45. The molecule has 4 atom stereocenters. The van der Waals surface area contributed by atoms with Crippen LogP contribution in [0.5, 0.6) is 0 Å². The first-order chi connectivity index (χ1) is 22.8. The van der Waals surface area contributed by atoms with Crippen LogP contribution in [-0.4, -0.2) is 11.4 Å². The van der Waals surface area contributed by atoms with E-state index in [0.717, 1.165) is 74.3 Å². The minimum absolute atomic E-state index is 0.571. The standard InChI is InChI=1S/C43H50Br2O2/c1-5-9-13-30(7-3)25-32-27-40-41(28-33(32)26-31(8-4)14-10-6-2)43(47,35-19-23-37(45)24-20-35)39-16-12-11-15-38(39)42(40,29-46)34-17-21-36(44)22-18-34/h11-12,15-24,27-31,47H,5-10,13-14,25-26H2,1-4H3. The van der Waals surface area contributed by atoms with Crippen LogP contribution < -0.4 is 0 Å². The van der Waals surface area contributed by atoms with E-state index >= 15 is 0 Å². The summed E-state index contributed by atoms with van der Waals surface area (Å²) in [6.07, 6.45) is 12.6. The third-order valence-corrected chi connectivity index (χ3v) is 11.8. The predicted molar refractivity (Wildman–Crippen MR) is 203 cm³/mol. The smallest absolute Gasteiger partial charge is 0.141 e. The molecule has 4 aromatic carbocycles. The van der Waals surface area contributed by atoms with Crippen LogP contribution in [-0.2, 0) is 28.7 Å². The molecule has 0 aliphatic heterocycles.